The van der Waals surface area contributed by atoms with Crippen molar-refractivity contribution in [2.24, 2.45) is 5.92 Å². The van der Waals surface area contributed by atoms with E-state index in [0.29, 0.717) is 19.7 Å². The molecule has 126 valence electrons. The van der Waals surface area contributed by atoms with Crippen molar-refractivity contribution < 1.29 is 23.5 Å². The Labute approximate surface area is 135 Å². The molecule has 0 aromatic carbocycles. The van der Waals surface area contributed by atoms with E-state index in [1.54, 1.807) is 24.0 Å². The van der Waals surface area contributed by atoms with E-state index in [2.05, 4.69) is 5.32 Å². The smallest absolute Gasteiger partial charge is 0.310 e. The second kappa shape index (κ2) is 8.36. The topological polar surface area (TPSA) is 88.9 Å². The first-order valence-electron chi connectivity index (χ1n) is 7.88. The third-order valence-corrected chi connectivity index (χ3v) is 3.76. The molecule has 1 aliphatic heterocycles. The number of nitrogens with one attached hydrogen (secondary N) is 1. The van der Waals surface area contributed by atoms with E-state index in [1.807, 2.05) is 0 Å². The summed E-state index contributed by atoms with van der Waals surface area (Å²) >= 11 is 0. The lowest BCUT2D eigenvalue weighted by molar-refractivity contribution is -0.151. The molecule has 0 radical (unpaired) electrons. The van der Waals surface area contributed by atoms with E-state index in [9.17, 15) is 14.4 Å². The molecule has 1 N–H and O–H groups in total. The van der Waals surface area contributed by atoms with Crippen molar-refractivity contribution in [2.45, 2.75) is 26.2 Å². The summed E-state index contributed by atoms with van der Waals surface area (Å²) < 4.78 is 9.99. The Morgan fingerprint density at radius 2 is 2.26 bits per heavy atom. The predicted molar refractivity (Wildman–Crippen MR) is 81.6 cm³/mol. The van der Waals surface area contributed by atoms with Gasteiger partial charge in [-0.25, -0.2) is 0 Å². The van der Waals surface area contributed by atoms with Gasteiger partial charge in [-0.2, -0.15) is 0 Å². The monoisotopic (exact) mass is 322 g/mol. The van der Waals surface area contributed by atoms with Gasteiger partial charge < -0.3 is 19.4 Å². The van der Waals surface area contributed by atoms with Crippen molar-refractivity contribution >= 4 is 17.8 Å². The molecule has 0 bridgehead atoms. The second-order valence-corrected chi connectivity index (χ2v) is 5.41. The maximum absolute atomic E-state index is 12.2. The van der Waals surface area contributed by atoms with Crippen molar-refractivity contribution in [3.8, 4) is 0 Å². The number of rotatable bonds is 6. The number of hydrogen-bond acceptors (Lipinski definition) is 5. The zero-order valence-electron chi connectivity index (χ0n) is 13.2. The molecule has 7 heteroatoms. The Bertz CT molecular complexity index is 541. The van der Waals surface area contributed by atoms with Crippen LogP contribution < -0.4 is 5.32 Å². The second-order valence-electron chi connectivity index (χ2n) is 5.41. The average Bonchev–Trinajstić information content (AvgIpc) is 3.09. The average molecular weight is 322 g/mol. The van der Waals surface area contributed by atoms with Gasteiger partial charge in [-0.15, -0.1) is 0 Å². The minimum absolute atomic E-state index is 0.0706. The number of piperidine rings is 1. The Morgan fingerprint density at radius 3 is 2.96 bits per heavy atom. The maximum Gasteiger partial charge on any atom is 0.310 e. The first kappa shape index (κ1) is 17.1. The van der Waals surface area contributed by atoms with Crippen LogP contribution in [0, 0.1) is 5.92 Å². The molecule has 7 nitrogen and oxygen atoms in total. The highest BCUT2D eigenvalue weighted by molar-refractivity contribution is 5.91. The fraction of sp³-hybridized carbons (Fsp3) is 0.562. The van der Waals surface area contributed by atoms with Crippen LogP contribution in [0.15, 0.2) is 22.8 Å². The number of esters is 1. The molecule has 1 fully saturated rings. The van der Waals surface area contributed by atoms with E-state index in [-0.39, 0.29) is 42.4 Å². The van der Waals surface area contributed by atoms with E-state index in [4.69, 9.17) is 9.15 Å². The Kier molecular flexibility index (Phi) is 6.19. The van der Waals surface area contributed by atoms with Crippen LogP contribution in [0.4, 0.5) is 0 Å². The number of carbonyl (C=O) groups excluding carboxylic acids is 3. The zero-order valence-corrected chi connectivity index (χ0v) is 13.2. The fourth-order valence-corrected chi connectivity index (χ4v) is 2.59. The number of furan rings is 1. The van der Waals surface area contributed by atoms with Crippen LogP contribution in [0.2, 0.25) is 0 Å². The molecule has 2 rings (SSSR count). The van der Waals surface area contributed by atoms with Gasteiger partial charge in [0.2, 0.25) is 5.91 Å². The molecular weight excluding hydrogens is 300 g/mol. The van der Waals surface area contributed by atoms with Gasteiger partial charge in [0.1, 0.15) is 0 Å². The summed E-state index contributed by atoms with van der Waals surface area (Å²) in [6.07, 6.45) is 3.15. The largest absolute Gasteiger partial charge is 0.466 e. The first-order chi connectivity index (χ1) is 11.1. The van der Waals surface area contributed by atoms with Crippen LogP contribution in [0.3, 0.4) is 0 Å². The minimum Gasteiger partial charge on any atom is -0.466 e. The summed E-state index contributed by atoms with van der Waals surface area (Å²) in [5.41, 5.74) is 0. The molecular formula is C16H22N2O5. The molecule has 2 amide bonds. The van der Waals surface area contributed by atoms with Crippen molar-refractivity contribution in [3.63, 3.8) is 0 Å². The Morgan fingerprint density at radius 1 is 1.43 bits per heavy atom. The molecule has 1 aliphatic rings. The molecule has 2 heterocycles. The number of likely N-dealkylation sites (tertiary alicyclic amines) is 1. The Balaban J connectivity index is 1.74. The summed E-state index contributed by atoms with van der Waals surface area (Å²) in [7, 11) is 0. The van der Waals surface area contributed by atoms with Crippen LogP contribution in [0.1, 0.15) is 36.7 Å². The third-order valence-electron chi connectivity index (χ3n) is 3.76. The van der Waals surface area contributed by atoms with E-state index >= 15 is 0 Å². The van der Waals surface area contributed by atoms with Gasteiger partial charge in [-0.1, -0.05) is 0 Å². The fourth-order valence-electron chi connectivity index (χ4n) is 2.59. The van der Waals surface area contributed by atoms with E-state index in [1.165, 1.54) is 6.26 Å². The highest BCUT2D eigenvalue weighted by Gasteiger charge is 2.29. The van der Waals surface area contributed by atoms with Gasteiger partial charge in [-0.05, 0) is 31.9 Å². The van der Waals surface area contributed by atoms with E-state index in [0.717, 1.165) is 12.8 Å². The summed E-state index contributed by atoms with van der Waals surface area (Å²) in [4.78, 5) is 37.3. The quantitative estimate of drug-likeness (QED) is 0.795. The number of ether oxygens (including phenoxy) is 1. The summed E-state index contributed by atoms with van der Waals surface area (Å²) in [5, 5.41) is 2.64. The standard InChI is InChI=1S/C16H22N2O5/c1-2-22-16(21)12-5-3-9-18(11-12)14(19)7-8-17-15(20)13-6-4-10-23-13/h4,6,10,12H,2-3,5,7-9,11H2,1H3,(H,17,20)/t12-/m0/s1. The summed E-state index contributed by atoms with van der Waals surface area (Å²) in [6, 6.07) is 3.19. The highest BCUT2D eigenvalue weighted by atomic mass is 16.5. The molecule has 0 saturated carbocycles. The lowest BCUT2D eigenvalue weighted by Gasteiger charge is -2.31. The third kappa shape index (κ3) is 4.84. The molecule has 1 aromatic rings. The molecule has 1 saturated heterocycles. The SMILES string of the molecule is CCOC(=O)[C@H]1CCCN(C(=O)CCNC(=O)c2ccco2)C1. The van der Waals surface area contributed by atoms with Gasteiger partial charge in [0.15, 0.2) is 5.76 Å². The van der Waals surface area contributed by atoms with Crippen LogP contribution in [-0.2, 0) is 14.3 Å². The van der Waals surface area contributed by atoms with Gasteiger partial charge in [0.25, 0.3) is 5.91 Å². The Hall–Kier alpha value is -2.31. The van der Waals surface area contributed by atoms with Crippen LogP contribution in [-0.4, -0.2) is 48.9 Å². The first-order valence-corrected chi connectivity index (χ1v) is 7.88. The molecule has 1 atom stereocenters. The zero-order chi connectivity index (χ0) is 16.7. The predicted octanol–water partition coefficient (Wildman–Crippen LogP) is 1.20. The van der Waals surface area contributed by atoms with Crippen LogP contribution in [0.5, 0.6) is 0 Å². The van der Waals surface area contributed by atoms with Gasteiger partial charge in [0, 0.05) is 26.1 Å². The maximum atomic E-state index is 12.2. The van der Waals surface area contributed by atoms with Crippen molar-refractivity contribution in [2.75, 3.05) is 26.2 Å². The lowest BCUT2D eigenvalue weighted by atomic mass is 9.98. The van der Waals surface area contributed by atoms with E-state index < -0.39 is 0 Å². The molecule has 0 spiro atoms. The van der Waals surface area contributed by atoms with Crippen LogP contribution in [0.25, 0.3) is 0 Å². The number of nitrogens with zero attached hydrogens (tertiary/aromatic N) is 1. The molecule has 0 unspecified atom stereocenters. The van der Waals surface area contributed by atoms with Crippen molar-refractivity contribution in [1.82, 2.24) is 10.2 Å². The number of amides is 2. The lowest BCUT2D eigenvalue weighted by Crippen LogP contribution is -2.43. The molecule has 0 aliphatic carbocycles. The highest BCUT2D eigenvalue weighted by Crippen LogP contribution is 2.18. The van der Waals surface area contributed by atoms with Crippen molar-refractivity contribution in [1.29, 1.82) is 0 Å². The van der Waals surface area contributed by atoms with Crippen molar-refractivity contribution in [3.05, 3.63) is 24.2 Å². The number of carbonyl (C=O) groups is 3. The molecule has 23 heavy (non-hydrogen) atoms. The normalized spacial score (nSPS) is 17.6. The minimum atomic E-state index is -0.342. The van der Waals surface area contributed by atoms with Gasteiger partial charge in [0.05, 0.1) is 18.8 Å². The summed E-state index contributed by atoms with van der Waals surface area (Å²) in [5.74, 6) is -0.677. The van der Waals surface area contributed by atoms with Gasteiger partial charge in [-0.3, -0.25) is 14.4 Å². The number of hydrogen-bond donors (Lipinski definition) is 1. The van der Waals surface area contributed by atoms with Crippen LogP contribution >= 0.6 is 0 Å². The summed E-state index contributed by atoms with van der Waals surface area (Å²) in [6.45, 7) is 3.39. The van der Waals surface area contributed by atoms with Gasteiger partial charge >= 0.3 is 5.97 Å². The molecule has 1 aromatic heterocycles.